The Morgan fingerprint density at radius 2 is 1.80 bits per heavy atom. The zero-order valence-electron chi connectivity index (χ0n) is 8.58. The Morgan fingerprint density at radius 1 is 1.27 bits per heavy atom. The molecule has 0 amide bonds. The molecule has 0 radical (unpaired) electrons. The van der Waals surface area contributed by atoms with Gasteiger partial charge in [-0.25, -0.2) is 9.13 Å². The molecule has 1 aromatic heterocycles. The Labute approximate surface area is 110 Å². The van der Waals surface area contributed by atoms with Crippen LogP contribution in [0.4, 0.5) is 0 Å². The van der Waals surface area contributed by atoms with Crippen LogP contribution in [0.15, 0.2) is 18.7 Å². The van der Waals surface area contributed by atoms with Crippen molar-refractivity contribution in [1.82, 2.24) is 4.57 Å². The molecule has 0 bridgehead atoms. The van der Waals surface area contributed by atoms with E-state index in [4.69, 9.17) is 40.8 Å². The van der Waals surface area contributed by atoms with Crippen LogP contribution in [0.3, 0.4) is 0 Å². The van der Waals surface area contributed by atoms with Crippen LogP contribution in [-0.2, 0) is 22.4 Å². The number of hydrogen-bond acceptors (Lipinski definition) is 0. The van der Waals surface area contributed by atoms with E-state index in [2.05, 4.69) is 34.8 Å². The van der Waals surface area contributed by atoms with Crippen LogP contribution in [0.25, 0.3) is 0 Å². The second-order valence-electron chi connectivity index (χ2n) is 2.94. The summed E-state index contributed by atoms with van der Waals surface area (Å²) in [5.41, 5.74) is 0. The fourth-order valence-corrected chi connectivity index (χ4v) is 0.975. The third kappa shape index (κ3) is 12.8. The fourth-order valence-electron chi connectivity index (χ4n) is 0.975. The summed E-state index contributed by atoms with van der Waals surface area (Å²) >= 11 is 0. The van der Waals surface area contributed by atoms with Gasteiger partial charge in [-0.3, -0.25) is 0 Å². The number of hydrogen-bond donors (Lipinski definition) is 0. The Kier molecular flexibility index (Phi) is 8.49. The summed E-state index contributed by atoms with van der Waals surface area (Å²) in [6, 6.07) is 0. The maximum absolute atomic E-state index is 4.92. The fraction of sp³-hybridized carbons (Fsp3) is 0.625. The van der Waals surface area contributed by atoms with Crippen molar-refractivity contribution in [3.63, 3.8) is 0 Å². The monoisotopic (exact) mass is 337 g/mol. The second-order valence-corrected chi connectivity index (χ2v) is 12.7. The summed E-state index contributed by atoms with van der Waals surface area (Å²) in [4.78, 5) is 0. The molecule has 0 spiro atoms. The molecule has 0 aliphatic heterocycles. The van der Waals surface area contributed by atoms with Gasteiger partial charge in [0.15, 0.2) is 0 Å². The number of imidazole rings is 1. The first-order valence-electron chi connectivity index (χ1n) is 4.31. The van der Waals surface area contributed by atoms with Gasteiger partial charge in [-0.05, 0) is 6.42 Å². The minimum atomic E-state index is -2.36. The van der Waals surface area contributed by atoms with Crippen molar-refractivity contribution < 1.29 is 13.4 Å². The molecule has 0 aliphatic carbocycles. The number of aromatic nitrogens is 2. The molecule has 0 N–H and O–H groups in total. The topological polar surface area (TPSA) is 8.81 Å². The van der Waals surface area contributed by atoms with Crippen molar-refractivity contribution in [2.45, 2.75) is 26.3 Å². The van der Waals surface area contributed by atoms with Gasteiger partial charge in [0.25, 0.3) is 0 Å². The first kappa shape index (κ1) is 15.9. The third-order valence-electron chi connectivity index (χ3n) is 1.59. The first-order chi connectivity index (χ1) is 6.83. The predicted molar refractivity (Wildman–Crippen MR) is 63.9 cm³/mol. The molecule has 1 heterocycles. The molecule has 15 heavy (non-hydrogen) atoms. The van der Waals surface area contributed by atoms with Crippen LogP contribution in [0.2, 0.25) is 0 Å². The molecule has 0 fully saturated rings. The molecule has 0 atom stereocenters. The maximum atomic E-state index is 4.92. The summed E-state index contributed by atoms with van der Waals surface area (Å²) in [6.45, 7) is 3.36. The first-order valence-corrected chi connectivity index (χ1v) is 9.75. The molecule has 2 nitrogen and oxygen atoms in total. The zero-order chi connectivity index (χ0) is 11.9. The number of rotatable bonds is 3. The van der Waals surface area contributed by atoms with E-state index in [0.717, 1.165) is 6.54 Å². The van der Waals surface area contributed by atoms with Crippen molar-refractivity contribution in [3.05, 3.63) is 18.7 Å². The van der Waals surface area contributed by atoms with Gasteiger partial charge in [0.1, 0.15) is 12.4 Å². The van der Waals surface area contributed by atoms with E-state index >= 15 is 0 Å². The van der Waals surface area contributed by atoms with Crippen molar-refractivity contribution in [2.75, 3.05) is 0 Å². The van der Waals surface area contributed by atoms with Crippen LogP contribution in [0.1, 0.15) is 19.8 Å². The average molecular weight is 340 g/mol. The zero-order valence-corrected chi connectivity index (χ0v) is 12.6. The summed E-state index contributed by atoms with van der Waals surface area (Å²) in [5, 5.41) is 0. The van der Waals surface area contributed by atoms with E-state index in [9.17, 15) is 0 Å². The Bertz CT molecular complexity index is 266. The van der Waals surface area contributed by atoms with Gasteiger partial charge >= 0.3 is 49.6 Å². The Balaban J connectivity index is 0.000000336. The molecule has 1 aromatic rings. The van der Waals surface area contributed by atoms with E-state index in [1.165, 1.54) is 12.8 Å². The molecule has 95 valence electrons. The van der Waals surface area contributed by atoms with Gasteiger partial charge < -0.3 is 0 Å². The van der Waals surface area contributed by atoms with Crippen molar-refractivity contribution in [2.24, 2.45) is 7.05 Å². The SMILES string of the molecule is CCCCn1cc[n+](C)c1.[Cl][Ni-]([Cl])([Cl])[Cl]. The number of nitrogens with zero attached hydrogens (tertiary/aromatic N) is 2. The molecular formula is C8H15Cl4N2Ni. The summed E-state index contributed by atoms with van der Waals surface area (Å²) in [7, 11) is 19.4. The van der Waals surface area contributed by atoms with E-state index in [-0.39, 0.29) is 0 Å². The summed E-state index contributed by atoms with van der Waals surface area (Å²) < 4.78 is 4.28. The average Bonchev–Trinajstić information content (AvgIpc) is 2.45. The molecular weight excluding hydrogens is 325 g/mol. The molecule has 0 aromatic carbocycles. The van der Waals surface area contributed by atoms with E-state index in [1.54, 1.807) is 0 Å². The summed E-state index contributed by atoms with van der Waals surface area (Å²) in [5.74, 6) is 0. The van der Waals surface area contributed by atoms with Crippen molar-refractivity contribution in [3.8, 4) is 0 Å². The van der Waals surface area contributed by atoms with Crippen molar-refractivity contribution in [1.29, 1.82) is 0 Å². The van der Waals surface area contributed by atoms with Crippen LogP contribution < -0.4 is 4.57 Å². The van der Waals surface area contributed by atoms with Crippen molar-refractivity contribution >= 4 is 40.8 Å². The van der Waals surface area contributed by atoms with E-state index in [0.29, 0.717) is 0 Å². The Morgan fingerprint density at radius 3 is 2.13 bits per heavy atom. The van der Waals surface area contributed by atoms with Gasteiger partial charge in [0.2, 0.25) is 6.33 Å². The number of unbranched alkanes of at least 4 members (excludes halogenated alkanes) is 1. The number of aryl methyl sites for hydroxylation is 2. The summed E-state index contributed by atoms with van der Waals surface area (Å²) in [6.07, 6.45) is 8.82. The molecule has 1 rings (SSSR count). The van der Waals surface area contributed by atoms with Gasteiger partial charge in [-0.1, -0.05) is 13.3 Å². The van der Waals surface area contributed by atoms with E-state index < -0.39 is 8.82 Å². The molecule has 0 saturated heterocycles. The quantitative estimate of drug-likeness (QED) is 0.584. The minimum absolute atomic E-state index is 1.15. The van der Waals surface area contributed by atoms with Crippen LogP contribution in [-0.4, -0.2) is 4.57 Å². The van der Waals surface area contributed by atoms with Gasteiger partial charge in [-0.2, -0.15) is 0 Å². The van der Waals surface area contributed by atoms with Crippen LogP contribution in [0, 0.1) is 0 Å². The number of halogens is 4. The van der Waals surface area contributed by atoms with Crippen LogP contribution in [0.5, 0.6) is 0 Å². The Hall–Kier alpha value is 0.864. The third-order valence-corrected chi connectivity index (χ3v) is 1.59. The normalized spacial score (nSPS) is 11.9. The van der Waals surface area contributed by atoms with Gasteiger partial charge in [-0.15, -0.1) is 0 Å². The molecule has 0 unspecified atom stereocenters. The predicted octanol–water partition coefficient (Wildman–Crippen LogP) is 3.87. The molecule has 0 aliphatic rings. The standard InChI is InChI=1S/C8H15N2.4ClH.Ni/c1-3-4-5-10-7-6-9(2)8-10;;;;;/h6-8H,3-5H2,1-2H3;4*1H;/q+1;;;;;+3/p-4. The second kappa shape index (κ2) is 8.03. The molecule has 7 heteroatoms. The van der Waals surface area contributed by atoms with E-state index in [1.807, 2.05) is 7.05 Å². The van der Waals surface area contributed by atoms with Gasteiger partial charge in [0.05, 0.1) is 13.6 Å². The molecule has 0 saturated carbocycles. The van der Waals surface area contributed by atoms with Gasteiger partial charge in [0, 0.05) is 0 Å². The van der Waals surface area contributed by atoms with Crippen LogP contribution >= 0.6 is 40.8 Å².